The highest BCUT2D eigenvalue weighted by atomic mass is 32.2. The molecule has 0 fully saturated rings. The van der Waals surface area contributed by atoms with Crippen LogP contribution >= 0.6 is 0 Å². The Bertz CT molecular complexity index is 734. The van der Waals surface area contributed by atoms with Gasteiger partial charge in [-0.05, 0) is 49.2 Å². The molecule has 0 N–H and O–H groups in total. The summed E-state index contributed by atoms with van der Waals surface area (Å²) in [5.74, 6) is 1.40. The van der Waals surface area contributed by atoms with E-state index in [1.54, 1.807) is 24.3 Å². The third-order valence-corrected chi connectivity index (χ3v) is 4.29. The highest BCUT2D eigenvalue weighted by molar-refractivity contribution is 7.90. The van der Waals surface area contributed by atoms with Gasteiger partial charge in [0.1, 0.15) is 0 Å². The van der Waals surface area contributed by atoms with Crippen molar-refractivity contribution in [2.45, 2.75) is 18.7 Å². The minimum absolute atomic E-state index is 0.312. The molecule has 0 aliphatic carbocycles. The number of hydrogen-bond donors (Lipinski definition) is 0. The Labute approximate surface area is 131 Å². The molecule has 4 nitrogen and oxygen atoms in total. The van der Waals surface area contributed by atoms with E-state index in [1.807, 2.05) is 32.0 Å². The predicted molar refractivity (Wildman–Crippen MR) is 87.3 cm³/mol. The maximum atomic E-state index is 11.5. The van der Waals surface area contributed by atoms with Gasteiger partial charge in [-0.3, -0.25) is 0 Å². The van der Waals surface area contributed by atoms with Crippen molar-refractivity contribution in [1.29, 1.82) is 0 Å². The maximum Gasteiger partial charge on any atom is 0.175 e. The highest BCUT2D eigenvalue weighted by Gasteiger charge is 2.10. The van der Waals surface area contributed by atoms with Crippen LogP contribution in [0.2, 0.25) is 0 Å². The summed E-state index contributed by atoms with van der Waals surface area (Å²) in [5, 5.41) is 0. The van der Waals surface area contributed by atoms with Gasteiger partial charge in [-0.2, -0.15) is 0 Å². The average Bonchev–Trinajstić information content (AvgIpc) is 2.49. The largest absolute Gasteiger partial charge is 0.490 e. The van der Waals surface area contributed by atoms with Crippen LogP contribution in [0.3, 0.4) is 0 Å². The molecule has 0 unspecified atom stereocenters. The Hall–Kier alpha value is -2.01. The van der Waals surface area contributed by atoms with Gasteiger partial charge < -0.3 is 9.47 Å². The quantitative estimate of drug-likeness (QED) is 0.816. The molecule has 2 aromatic carbocycles. The smallest absolute Gasteiger partial charge is 0.175 e. The molecule has 0 aromatic heterocycles. The zero-order valence-corrected chi connectivity index (χ0v) is 13.8. The third kappa shape index (κ3) is 3.80. The molecular weight excluding hydrogens is 300 g/mol. The van der Waals surface area contributed by atoms with E-state index < -0.39 is 9.84 Å². The van der Waals surface area contributed by atoms with Gasteiger partial charge in [0.2, 0.25) is 0 Å². The van der Waals surface area contributed by atoms with Gasteiger partial charge in [0.05, 0.1) is 18.1 Å². The third-order valence-electron chi connectivity index (χ3n) is 3.16. The summed E-state index contributed by atoms with van der Waals surface area (Å²) >= 11 is 0. The van der Waals surface area contributed by atoms with Crippen LogP contribution in [0, 0.1) is 0 Å². The fraction of sp³-hybridized carbons (Fsp3) is 0.294. The molecule has 0 aliphatic rings. The van der Waals surface area contributed by atoms with Crippen LogP contribution in [-0.4, -0.2) is 27.9 Å². The summed E-state index contributed by atoms with van der Waals surface area (Å²) in [4.78, 5) is 0.312. The van der Waals surface area contributed by atoms with Crippen molar-refractivity contribution in [3.63, 3.8) is 0 Å². The van der Waals surface area contributed by atoms with E-state index in [1.165, 1.54) is 6.26 Å². The minimum atomic E-state index is -3.18. The minimum Gasteiger partial charge on any atom is -0.490 e. The molecule has 0 bridgehead atoms. The zero-order valence-electron chi connectivity index (χ0n) is 13.0. The maximum absolute atomic E-state index is 11.5. The first-order valence-electron chi connectivity index (χ1n) is 7.15. The Balaban J connectivity index is 2.38. The Morgan fingerprint density at radius 3 is 1.91 bits per heavy atom. The summed E-state index contributed by atoms with van der Waals surface area (Å²) < 4.78 is 34.1. The lowest BCUT2D eigenvalue weighted by molar-refractivity contribution is 0.288. The van der Waals surface area contributed by atoms with Crippen molar-refractivity contribution in [3.05, 3.63) is 42.5 Å². The van der Waals surface area contributed by atoms with Crippen LogP contribution < -0.4 is 9.47 Å². The van der Waals surface area contributed by atoms with E-state index in [9.17, 15) is 8.42 Å². The average molecular weight is 320 g/mol. The first-order valence-corrected chi connectivity index (χ1v) is 9.05. The van der Waals surface area contributed by atoms with Crippen LogP contribution in [0.4, 0.5) is 0 Å². The van der Waals surface area contributed by atoms with Gasteiger partial charge >= 0.3 is 0 Å². The standard InChI is InChI=1S/C17H20O4S/c1-4-20-16-11-8-14(12-17(16)21-5-2)13-6-9-15(10-7-13)22(3,18)19/h6-12H,4-5H2,1-3H3. The number of hydrogen-bond acceptors (Lipinski definition) is 4. The van der Waals surface area contributed by atoms with E-state index in [-0.39, 0.29) is 0 Å². The molecule has 0 amide bonds. The molecule has 22 heavy (non-hydrogen) atoms. The van der Waals surface area contributed by atoms with Gasteiger partial charge in [0.25, 0.3) is 0 Å². The summed E-state index contributed by atoms with van der Waals surface area (Å²) in [5.41, 5.74) is 1.88. The number of rotatable bonds is 6. The van der Waals surface area contributed by atoms with Crippen LogP contribution in [0.25, 0.3) is 11.1 Å². The van der Waals surface area contributed by atoms with E-state index in [4.69, 9.17) is 9.47 Å². The monoisotopic (exact) mass is 320 g/mol. The second-order valence-electron chi connectivity index (χ2n) is 4.82. The Morgan fingerprint density at radius 2 is 1.36 bits per heavy atom. The number of ether oxygens (including phenoxy) is 2. The second kappa shape index (κ2) is 6.83. The molecule has 0 aliphatic heterocycles. The van der Waals surface area contributed by atoms with Gasteiger partial charge in [-0.1, -0.05) is 18.2 Å². The normalized spacial score (nSPS) is 11.2. The fourth-order valence-corrected chi connectivity index (χ4v) is 2.76. The van der Waals surface area contributed by atoms with Gasteiger partial charge in [0, 0.05) is 6.26 Å². The van der Waals surface area contributed by atoms with E-state index >= 15 is 0 Å². The van der Waals surface area contributed by atoms with Gasteiger partial charge in [0.15, 0.2) is 21.3 Å². The molecule has 0 spiro atoms. The van der Waals surface area contributed by atoms with Crippen molar-refractivity contribution < 1.29 is 17.9 Å². The predicted octanol–water partition coefficient (Wildman–Crippen LogP) is 3.55. The van der Waals surface area contributed by atoms with Crippen LogP contribution in [0.15, 0.2) is 47.4 Å². The fourth-order valence-electron chi connectivity index (χ4n) is 2.13. The summed E-state index contributed by atoms with van der Waals surface area (Å²) in [6, 6.07) is 12.5. The lowest BCUT2D eigenvalue weighted by Crippen LogP contribution is -1.99. The molecule has 0 saturated carbocycles. The van der Waals surface area contributed by atoms with Crippen LogP contribution in [0.1, 0.15) is 13.8 Å². The van der Waals surface area contributed by atoms with Crippen molar-refractivity contribution in [2.75, 3.05) is 19.5 Å². The molecule has 0 heterocycles. The molecule has 2 rings (SSSR count). The highest BCUT2D eigenvalue weighted by Crippen LogP contribution is 2.33. The topological polar surface area (TPSA) is 52.6 Å². The summed E-state index contributed by atoms with van der Waals surface area (Å²) in [6.45, 7) is 4.97. The van der Waals surface area contributed by atoms with Crippen molar-refractivity contribution in [1.82, 2.24) is 0 Å². The first-order chi connectivity index (χ1) is 10.5. The van der Waals surface area contributed by atoms with Crippen molar-refractivity contribution >= 4 is 9.84 Å². The van der Waals surface area contributed by atoms with E-state index in [0.29, 0.717) is 29.6 Å². The Kier molecular flexibility index (Phi) is 5.08. The van der Waals surface area contributed by atoms with Crippen LogP contribution in [-0.2, 0) is 9.84 Å². The van der Waals surface area contributed by atoms with E-state index in [0.717, 1.165) is 11.1 Å². The second-order valence-corrected chi connectivity index (χ2v) is 6.84. The molecular formula is C17H20O4S. The van der Waals surface area contributed by atoms with Gasteiger partial charge in [-0.25, -0.2) is 8.42 Å². The molecule has 2 aromatic rings. The number of benzene rings is 2. The SMILES string of the molecule is CCOc1ccc(-c2ccc(S(C)(=O)=O)cc2)cc1OCC. The summed E-state index contributed by atoms with van der Waals surface area (Å²) in [6.07, 6.45) is 1.20. The van der Waals surface area contributed by atoms with Gasteiger partial charge in [-0.15, -0.1) is 0 Å². The molecule has 118 valence electrons. The molecule has 0 saturated heterocycles. The Morgan fingerprint density at radius 1 is 0.818 bits per heavy atom. The zero-order chi connectivity index (χ0) is 16.2. The van der Waals surface area contributed by atoms with Crippen LogP contribution in [0.5, 0.6) is 11.5 Å². The summed E-state index contributed by atoms with van der Waals surface area (Å²) in [7, 11) is -3.18. The molecule has 5 heteroatoms. The lowest BCUT2D eigenvalue weighted by Gasteiger charge is -2.12. The molecule has 0 atom stereocenters. The van der Waals surface area contributed by atoms with Crippen molar-refractivity contribution in [2.24, 2.45) is 0 Å². The van der Waals surface area contributed by atoms with Crippen molar-refractivity contribution in [3.8, 4) is 22.6 Å². The first kappa shape index (κ1) is 16.4. The molecule has 0 radical (unpaired) electrons. The van der Waals surface area contributed by atoms with E-state index in [2.05, 4.69) is 0 Å². The lowest BCUT2D eigenvalue weighted by atomic mass is 10.1. The number of sulfone groups is 1.